The first-order chi connectivity index (χ1) is 11.6. The second-order valence-electron chi connectivity index (χ2n) is 6.11. The molecule has 1 aliphatic rings. The van der Waals surface area contributed by atoms with Gasteiger partial charge < -0.3 is 14.8 Å². The zero-order chi connectivity index (χ0) is 16.9. The van der Waals surface area contributed by atoms with Gasteiger partial charge in [0.15, 0.2) is 11.5 Å². The fraction of sp³-hybridized carbons (Fsp3) is 0.316. The number of likely N-dealkylation sites (N-methyl/N-ethyl adjacent to an activating group) is 1. The summed E-state index contributed by atoms with van der Waals surface area (Å²) in [5, 5.41) is 2.91. The van der Waals surface area contributed by atoms with E-state index in [1.54, 1.807) is 0 Å². The van der Waals surface area contributed by atoms with Gasteiger partial charge in [-0.15, -0.1) is 0 Å². The molecule has 0 spiro atoms. The van der Waals surface area contributed by atoms with Crippen LogP contribution in [-0.2, 0) is 4.79 Å². The van der Waals surface area contributed by atoms with Crippen molar-refractivity contribution < 1.29 is 14.3 Å². The maximum Gasteiger partial charge on any atom is 0.238 e. The molecule has 0 bridgehead atoms. The highest BCUT2D eigenvalue weighted by molar-refractivity contribution is 5.92. The Labute approximate surface area is 142 Å². The minimum absolute atomic E-state index is 0.0415. The summed E-state index contributed by atoms with van der Waals surface area (Å²) in [5.41, 5.74) is 1.94. The van der Waals surface area contributed by atoms with Crippen LogP contribution in [0, 0.1) is 6.92 Å². The van der Waals surface area contributed by atoms with E-state index in [1.165, 1.54) is 0 Å². The van der Waals surface area contributed by atoms with Crippen LogP contribution in [0.3, 0.4) is 0 Å². The van der Waals surface area contributed by atoms with E-state index in [0.29, 0.717) is 19.7 Å². The molecule has 126 valence electrons. The molecule has 0 saturated heterocycles. The van der Waals surface area contributed by atoms with Crippen molar-refractivity contribution in [3.63, 3.8) is 0 Å². The Hall–Kier alpha value is -2.53. The van der Waals surface area contributed by atoms with Gasteiger partial charge in [0.25, 0.3) is 0 Å². The molecule has 2 aromatic carbocycles. The zero-order valence-electron chi connectivity index (χ0n) is 14.0. The predicted molar refractivity (Wildman–Crippen MR) is 93.7 cm³/mol. The molecule has 0 aromatic heterocycles. The normalized spacial score (nSPS) is 16.0. The Morgan fingerprint density at radius 3 is 2.79 bits per heavy atom. The Morgan fingerprint density at radius 1 is 1.21 bits per heavy atom. The van der Waals surface area contributed by atoms with Crippen LogP contribution in [0.15, 0.2) is 48.5 Å². The van der Waals surface area contributed by atoms with Gasteiger partial charge in [-0.1, -0.05) is 24.3 Å². The van der Waals surface area contributed by atoms with Crippen LogP contribution >= 0.6 is 0 Å². The van der Waals surface area contributed by atoms with Crippen molar-refractivity contribution in [1.29, 1.82) is 0 Å². The highest BCUT2D eigenvalue weighted by Gasteiger charge is 2.22. The number of carbonyl (C=O) groups excluding carboxylic acids is 1. The van der Waals surface area contributed by atoms with E-state index in [1.807, 2.05) is 67.4 Å². The number of benzene rings is 2. The third-order valence-corrected chi connectivity index (χ3v) is 3.80. The van der Waals surface area contributed by atoms with Crippen LogP contribution in [-0.4, -0.2) is 43.7 Å². The standard InChI is InChI=1S/C19H22N2O3/c1-14-6-5-7-15(10-14)20-19(22)12-21(2)11-16-13-23-17-8-3-4-9-18(17)24-16/h3-10,16H,11-13H2,1-2H3,(H,20,22). The van der Waals surface area contributed by atoms with E-state index in [-0.39, 0.29) is 12.0 Å². The van der Waals surface area contributed by atoms with Gasteiger partial charge in [-0.25, -0.2) is 0 Å². The first-order valence-corrected chi connectivity index (χ1v) is 8.04. The third kappa shape index (κ3) is 4.26. The average molecular weight is 326 g/mol. The maximum absolute atomic E-state index is 12.1. The number of hydrogen-bond donors (Lipinski definition) is 1. The van der Waals surface area contributed by atoms with Crippen LogP contribution in [0.25, 0.3) is 0 Å². The molecule has 1 unspecified atom stereocenters. The van der Waals surface area contributed by atoms with Gasteiger partial charge in [0.1, 0.15) is 12.7 Å². The number of rotatable bonds is 5. The molecule has 0 radical (unpaired) electrons. The van der Waals surface area contributed by atoms with Gasteiger partial charge in [-0.2, -0.15) is 0 Å². The lowest BCUT2D eigenvalue weighted by molar-refractivity contribution is -0.117. The molecule has 3 rings (SSSR count). The molecule has 1 heterocycles. The lowest BCUT2D eigenvalue weighted by atomic mass is 10.2. The summed E-state index contributed by atoms with van der Waals surface area (Å²) in [6.07, 6.45) is -0.0864. The van der Waals surface area contributed by atoms with E-state index in [0.717, 1.165) is 22.7 Å². The van der Waals surface area contributed by atoms with Crippen molar-refractivity contribution in [2.24, 2.45) is 0 Å². The summed E-state index contributed by atoms with van der Waals surface area (Å²) < 4.78 is 11.6. The minimum atomic E-state index is -0.0864. The van der Waals surface area contributed by atoms with Crippen LogP contribution in [0.1, 0.15) is 5.56 Å². The summed E-state index contributed by atoms with van der Waals surface area (Å²) in [7, 11) is 1.90. The number of anilines is 1. The Bertz CT molecular complexity index is 717. The van der Waals surface area contributed by atoms with Gasteiger partial charge in [0, 0.05) is 12.2 Å². The number of para-hydroxylation sites is 2. The summed E-state index contributed by atoms with van der Waals surface area (Å²) in [4.78, 5) is 14.1. The number of fused-ring (bicyclic) bond motifs is 1. The van der Waals surface area contributed by atoms with Gasteiger partial charge in [-0.3, -0.25) is 9.69 Å². The van der Waals surface area contributed by atoms with Crippen molar-refractivity contribution >= 4 is 11.6 Å². The van der Waals surface area contributed by atoms with E-state index in [9.17, 15) is 4.79 Å². The minimum Gasteiger partial charge on any atom is -0.486 e. The molecule has 0 saturated carbocycles. The predicted octanol–water partition coefficient (Wildman–Crippen LogP) is 2.71. The molecule has 0 aliphatic carbocycles. The molecule has 1 aliphatic heterocycles. The van der Waals surface area contributed by atoms with Crippen LogP contribution < -0.4 is 14.8 Å². The summed E-state index contributed by atoms with van der Waals surface area (Å²) in [5.74, 6) is 1.49. The summed E-state index contributed by atoms with van der Waals surface area (Å²) >= 11 is 0. The topological polar surface area (TPSA) is 50.8 Å². The van der Waals surface area contributed by atoms with Gasteiger partial charge in [0.2, 0.25) is 5.91 Å². The van der Waals surface area contributed by atoms with Crippen molar-refractivity contribution in [3.8, 4) is 11.5 Å². The first kappa shape index (κ1) is 16.3. The smallest absolute Gasteiger partial charge is 0.238 e. The molecule has 5 nitrogen and oxygen atoms in total. The molecular weight excluding hydrogens is 304 g/mol. The summed E-state index contributed by atoms with van der Waals surface area (Å²) in [6.45, 7) is 3.41. The number of nitrogens with one attached hydrogen (secondary N) is 1. The first-order valence-electron chi connectivity index (χ1n) is 8.04. The summed E-state index contributed by atoms with van der Waals surface area (Å²) in [6, 6.07) is 15.4. The molecule has 1 N–H and O–H groups in total. The highest BCUT2D eigenvalue weighted by Crippen LogP contribution is 2.30. The lowest BCUT2D eigenvalue weighted by Crippen LogP contribution is -2.42. The fourth-order valence-corrected chi connectivity index (χ4v) is 2.73. The Kier molecular flexibility index (Phi) is 5.01. The van der Waals surface area contributed by atoms with Gasteiger partial charge >= 0.3 is 0 Å². The second-order valence-corrected chi connectivity index (χ2v) is 6.11. The van der Waals surface area contributed by atoms with Crippen LogP contribution in [0.2, 0.25) is 0 Å². The molecule has 24 heavy (non-hydrogen) atoms. The van der Waals surface area contributed by atoms with E-state index >= 15 is 0 Å². The molecule has 2 aromatic rings. The number of hydrogen-bond acceptors (Lipinski definition) is 4. The maximum atomic E-state index is 12.1. The van der Waals surface area contributed by atoms with E-state index < -0.39 is 0 Å². The molecule has 0 fully saturated rings. The lowest BCUT2D eigenvalue weighted by Gasteiger charge is -2.29. The Balaban J connectivity index is 1.49. The van der Waals surface area contributed by atoms with E-state index in [2.05, 4.69) is 5.32 Å². The number of amides is 1. The third-order valence-electron chi connectivity index (χ3n) is 3.80. The van der Waals surface area contributed by atoms with Crippen molar-refractivity contribution in [2.75, 3.05) is 32.1 Å². The van der Waals surface area contributed by atoms with Crippen molar-refractivity contribution in [3.05, 3.63) is 54.1 Å². The van der Waals surface area contributed by atoms with Crippen LogP contribution in [0.5, 0.6) is 11.5 Å². The molecular formula is C19H22N2O3. The second kappa shape index (κ2) is 7.36. The SMILES string of the molecule is Cc1cccc(NC(=O)CN(C)CC2COc3ccccc3O2)c1. The van der Waals surface area contributed by atoms with Crippen molar-refractivity contribution in [2.45, 2.75) is 13.0 Å². The Morgan fingerprint density at radius 2 is 2.00 bits per heavy atom. The largest absolute Gasteiger partial charge is 0.486 e. The number of nitrogens with zero attached hydrogens (tertiary/aromatic N) is 1. The van der Waals surface area contributed by atoms with Crippen molar-refractivity contribution in [1.82, 2.24) is 4.90 Å². The number of aryl methyl sites for hydroxylation is 1. The number of ether oxygens (including phenoxy) is 2. The highest BCUT2D eigenvalue weighted by atomic mass is 16.6. The molecule has 1 atom stereocenters. The van der Waals surface area contributed by atoms with Gasteiger partial charge in [0.05, 0.1) is 6.54 Å². The average Bonchev–Trinajstić information content (AvgIpc) is 2.54. The van der Waals surface area contributed by atoms with Gasteiger partial charge in [-0.05, 0) is 43.8 Å². The number of carbonyl (C=O) groups is 1. The quantitative estimate of drug-likeness (QED) is 0.918. The van der Waals surface area contributed by atoms with Crippen LogP contribution in [0.4, 0.5) is 5.69 Å². The van der Waals surface area contributed by atoms with E-state index in [4.69, 9.17) is 9.47 Å². The zero-order valence-corrected chi connectivity index (χ0v) is 14.0. The molecule has 1 amide bonds. The molecule has 5 heteroatoms. The monoisotopic (exact) mass is 326 g/mol. The fourth-order valence-electron chi connectivity index (χ4n) is 2.73.